The lowest BCUT2D eigenvalue weighted by molar-refractivity contribution is -0.133. The highest BCUT2D eigenvalue weighted by Gasteiger charge is 2.40. The molecule has 1 aliphatic carbocycles. The monoisotopic (exact) mass is 366 g/mol. The van der Waals surface area contributed by atoms with Crippen molar-refractivity contribution in [2.24, 2.45) is 13.0 Å². The predicted molar refractivity (Wildman–Crippen MR) is 102 cm³/mol. The average molecular weight is 366 g/mol. The Morgan fingerprint density at radius 1 is 1.11 bits per heavy atom. The second-order valence-corrected chi connectivity index (χ2v) is 8.00. The molecule has 142 valence electrons. The zero-order valence-electron chi connectivity index (χ0n) is 15.8. The third-order valence-corrected chi connectivity index (χ3v) is 5.94. The Labute approximate surface area is 159 Å². The van der Waals surface area contributed by atoms with Crippen LogP contribution >= 0.6 is 0 Å². The second-order valence-electron chi connectivity index (χ2n) is 8.00. The molecule has 2 aromatic heterocycles. The van der Waals surface area contributed by atoms with Gasteiger partial charge in [-0.25, -0.2) is 9.97 Å². The highest BCUT2D eigenvalue weighted by molar-refractivity contribution is 5.82. The first-order chi connectivity index (χ1) is 13.2. The maximum absolute atomic E-state index is 12.7. The SMILES string of the molecule is Cn1cc(-c2ccnc(N3CCCC3)n2)c([C@@H]2CCCN2C(=O)C2CC2)n1. The number of rotatable bonds is 4. The molecule has 0 unspecified atom stereocenters. The minimum Gasteiger partial charge on any atom is -0.341 e. The number of carbonyl (C=O) groups is 1. The third kappa shape index (κ3) is 3.09. The van der Waals surface area contributed by atoms with Gasteiger partial charge < -0.3 is 9.80 Å². The first kappa shape index (κ1) is 16.7. The van der Waals surface area contributed by atoms with Gasteiger partial charge in [-0.1, -0.05) is 0 Å². The number of nitrogens with zero attached hydrogens (tertiary/aromatic N) is 6. The highest BCUT2D eigenvalue weighted by atomic mass is 16.2. The molecule has 2 saturated heterocycles. The van der Waals surface area contributed by atoms with E-state index in [1.165, 1.54) is 12.8 Å². The highest BCUT2D eigenvalue weighted by Crippen LogP contribution is 2.40. The standard InChI is InChI=1S/C20H26N6O/c1-24-13-15(16-8-9-21-20(22-16)25-10-2-3-11-25)18(23-24)17-5-4-12-26(17)19(27)14-6-7-14/h8-9,13-14,17H,2-7,10-12H2,1H3/t17-/m0/s1. The largest absolute Gasteiger partial charge is 0.341 e. The number of anilines is 1. The van der Waals surface area contributed by atoms with Crippen LogP contribution in [-0.2, 0) is 11.8 Å². The van der Waals surface area contributed by atoms with Crippen molar-refractivity contribution in [2.75, 3.05) is 24.5 Å². The number of likely N-dealkylation sites (tertiary alicyclic amines) is 1. The zero-order chi connectivity index (χ0) is 18.4. The molecule has 3 fully saturated rings. The summed E-state index contributed by atoms with van der Waals surface area (Å²) in [6.45, 7) is 2.89. The third-order valence-electron chi connectivity index (χ3n) is 5.94. The van der Waals surface area contributed by atoms with E-state index in [1.807, 2.05) is 30.2 Å². The van der Waals surface area contributed by atoms with Crippen LogP contribution in [0.3, 0.4) is 0 Å². The van der Waals surface area contributed by atoms with E-state index in [2.05, 4.69) is 14.8 Å². The molecular formula is C20H26N6O. The Bertz CT molecular complexity index is 852. The predicted octanol–water partition coefficient (Wildman–Crippen LogP) is 2.55. The van der Waals surface area contributed by atoms with Crippen molar-refractivity contribution in [1.29, 1.82) is 0 Å². The molecular weight excluding hydrogens is 340 g/mol. The molecule has 5 rings (SSSR count). The molecule has 0 aromatic carbocycles. The normalized spacial score (nSPS) is 22.6. The minimum atomic E-state index is 0.0690. The Balaban J connectivity index is 1.49. The topological polar surface area (TPSA) is 67.2 Å². The lowest BCUT2D eigenvalue weighted by Crippen LogP contribution is -2.32. The van der Waals surface area contributed by atoms with Gasteiger partial charge >= 0.3 is 0 Å². The molecule has 1 atom stereocenters. The van der Waals surface area contributed by atoms with Gasteiger partial charge in [0.25, 0.3) is 0 Å². The first-order valence-electron chi connectivity index (χ1n) is 10.1. The van der Waals surface area contributed by atoms with Gasteiger partial charge in [-0.05, 0) is 44.6 Å². The quantitative estimate of drug-likeness (QED) is 0.832. The number of hydrogen-bond donors (Lipinski definition) is 0. The molecule has 2 aromatic rings. The molecule has 27 heavy (non-hydrogen) atoms. The van der Waals surface area contributed by atoms with Crippen LogP contribution in [0.25, 0.3) is 11.3 Å². The van der Waals surface area contributed by atoms with Crippen LogP contribution in [0.5, 0.6) is 0 Å². The van der Waals surface area contributed by atoms with Crippen LogP contribution in [0.2, 0.25) is 0 Å². The van der Waals surface area contributed by atoms with Crippen molar-refractivity contribution in [1.82, 2.24) is 24.6 Å². The second kappa shape index (κ2) is 6.62. The molecule has 0 bridgehead atoms. The van der Waals surface area contributed by atoms with Crippen LogP contribution in [0.1, 0.15) is 50.3 Å². The fourth-order valence-corrected chi connectivity index (χ4v) is 4.40. The van der Waals surface area contributed by atoms with Crippen LogP contribution in [0, 0.1) is 5.92 Å². The zero-order valence-corrected chi connectivity index (χ0v) is 15.8. The lowest BCUT2D eigenvalue weighted by atomic mass is 10.0. The van der Waals surface area contributed by atoms with Crippen molar-refractivity contribution in [3.8, 4) is 11.3 Å². The van der Waals surface area contributed by atoms with Crippen molar-refractivity contribution in [2.45, 2.75) is 44.6 Å². The summed E-state index contributed by atoms with van der Waals surface area (Å²) in [5, 5.41) is 4.76. The van der Waals surface area contributed by atoms with Gasteiger partial charge in [-0.3, -0.25) is 9.48 Å². The number of aryl methyl sites for hydroxylation is 1. The Morgan fingerprint density at radius 3 is 2.70 bits per heavy atom. The maximum atomic E-state index is 12.7. The van der Waals surface area contributed by atoms with Crippen molar-refractivity contribution >= 4 is 11.9 Å². The minimum absolute atomic E-state index is 0.0690. The maximum Gasteiger partial charge on any atom is 0.226 e. The smallest absolute Gasteiger partial charge is 0.226 e. The Hall–Kier alpha value is -2.44. The molecule has 0 spiro atoms. The molecule has 1 saturated carbocycles. The molecule has 1 amide bonds. The van der Waals surface area contributed by atoms with Crippen LogP contribution in [0.4, 0.5) is 5.95 Å². The summed E-state index contributed by atoms with van der Waals surface area (Å²) in [5.74, 6) is 1.37. The fraction of sp³-hybridized carbons (Fsp3) is 0.600. The number of aromatic nitrogens is 4. The van der Waals surface area contributed by atoms with Gasteiger partial charge in [0.1, 0.15) is 0 Å². The Kier molecular flexibility index (Phi) is 4.10. The first-order valence-corrected chi connectivity index (χ1v) is 10.1. The van der Waals surface area contributed by atoms with Gasteiger partial charge in [-0.15, -0.1) is 0 Å². The van der Waals surface area contributed by atoms with Crippen LogP contribution < -0.4 is 4.90 Å². The van der Waals surface area contributed by atoms with Gasteiger partial charge in [0.15, 0.2) is 0 Å². The van der Waals surface area contributed by atoms with E-state index in [4.69, 9.17) is 10.1 Å². The van der Waals surface area contributed by atoms with E-state index >= 15 is 0 Å². The summed E-state index contributed by atoms with van der Waals surface area (Å²) in [6.07, 6.45) is 10.4. The van der Waals surface area contributed by atoms with Crippen molar-refractivity contribution in [3.05, 3.63) is 24.2 Å². The molecule has 0 N–H and O–H groups in total. The van der Waals surface area contributed by atoms with E-state index < -0.39 is 0 Å². The van der Waals surface area contributed by atoms with Crippen molar-refractivity contribution in [3.63, 3.8) is 0 Å². The summed E-state index contributed by atoms with van der Waals surface area (Å²) >= 11 is 0. The fourth-order valence-electron chi connectivity index (χ4n) is 4.40. The summed E-state index contributed by atoms with van der Waals surface area (Å²) < 4.78 is 1.85. The lowest BCUT2D eigenvalue weighted by Gasteiger charge is -2.24. The Morgan fingerprint density at radius 2 is 1.93 bits per heavy atom. The van der Waals surface area contributed by atoms with Gasteiger partial charge in [0.05, 0.1) is 17.4 Å². The molecule has 0 radical (unpaired) electrons. The number of carbonyl (C=O) groups excluding carboxylic acids is 1. The van der Waals surface area contributed by atoms with Gasteiger partial charge in [0.2, 0.25) is 11.9 Å². The summed E-state index contributed by atoms with van der Waals surface area (Å²) in [5.41, 5.74) is 2.91. The number of amides is 1. The van der Waals surface area contributed by atoms with Crippen LogP contribution in [0.15, 0.2) is 18.5 Å². The molecule has 2 aliphatic heterocycles. The molecule has 7 heteroatoms. The molecule has 3 aliphatic rings. The van der Waals surface area contributed by atoms with Crippen molar-refractivity contribution < 1.29 is 4.79 Å². The van der Waals surface area contributed by atoms with Gasteiger partial charge in [-0.2, -0.15) is 5.10 Å². The number of hydrogen-bond acceptors (Lipinski definition) is 5. The van der Waals surface area contributed by atoms with Gasteiger partial charge in [0, 0.05) is 50.6 Å². The molecule has 7 nitrogen and oxygen atoms in total. The van der Waals surface area contributed by atoms with E-state index in [0.29, 0.717) is 5.91 Å². The average Bonchev–Trinajstić information content (AvgIpc) is 3.09. The van der Waals surface area contributed by atoms with E-state index in [1.54, 1.807) is 0 Å². The van der Waals surface area contributed by atoms with E-state index in [9.17, 15) is 4.79 Å². The summed E-state index contributed by atoms with van der Waals surface area (Å²) in [7, 11) is 1.94. The van der Waals surface area contributed by atoms with E-state index in [-0.39, 0.29) is 12.0 Å². The van der Waals surface area contributed by atoms with Crippen LogP contribution in [-0.4, -0.2) is 50.2 Å². The summed E-state index contributed by atoms with van der Waals surface area (Å²) in [4.78, 5) is 26.4. The summed E-state index contributed by atoms with van der Waals surface area (Å²) in [6, 6.07) is 2.03. The van der Waals surface area contributed by atoms with E-state index in [0.717, 1.165) is 68.2 Å². The molecule has 4 heterocycles.